The van der Waals surface area contributed by atoms with Crippen LogP contribution in [0.4, 0.5) is 13.2 Å². The highest BCUT2D eigenvalue weighted by Crippen LogP contribution is 2.31. The van der Waals surface area contributed by atoms with E-state index >= 15 is 0 Å². The summed E-state index contributed by atoms with van der Waals surface area (Å²) < 4.78 is 42.4. The molecule has 1 amide bonds. The fourth-order valence-corrected chi connectivity index (χ4v) is 3.54. The van der Waals surface area contributed by atoms with Gasteiger partial charge >= 0.3 is 0 Å². The van der Waals surface area contributed by atoms with Gasteiger partial charge in [0, 0.05) is 54.9 Å². The van der Waals surface area contributed by atoms with Crippen LogP contribution >= 0.6 is 0 Å². The summed E-state index contributed by atoms with van der Waals surface area (Å²) in [5.41, 5.74) is 3.47. The molecule has 0 saturated carbocycles. The average molecular weight is 385 g/mol. The molecule has 0 atom stereocenters. The molecule has 0 spiro atoms. The van der Waals surface area contributed by atoms with Gasteiger partial charge in [-0.25, -0.2) is 13.2 Å². The Hall–Kier alpha value is -3.09. The van der Waals surface area contributed by atoms with Gasteiger partial charge < -0.3 is 4.90 Å². The van der Waals surface area contributed by atoms with Gasteiger partial charge in [-0.05, 0) is 30.3 Å². The molecule has 2 heterocycles. The molecule has 0 radical (unpaired) electrons. The summed E-state index contributed by atoms with van der Waals surface area (Å²) in [6, 6.07) is 9.44. The predicted octanol–water partition coefficient (Wildman–Crippen LogP) is 3.92. The minimum atomic E-state index is -0.632. The lowest BCUT2D eigenvalue weighted by atomic mass is 10.0. The quantitative estimate of drug-likeness (QED) is 0.685. The van der Waals surface area contributed by atoms with Gasteiger partial charge in [0.1, 0.15) is 17.5 Å². The lowest BCUT2D eigenvalue weighted by Crippen LogP contribution is -2.34. The van der Waals surface area contributed by atoms with Crippen LogP contribution in [0.1, 0.15) is 23.7 Å². The van der Waals surface area contributed by atoms with E-state index < -0.39 is 11.6 Å². The van der Waals surface area contributed by atoms with Crippen molar-refractivity contribution in [3.8, 4) is 11.3 Å². The van der Waals surface area contributed by atoms with Gasteiger partial charge in [0.05, 0.1) is 12.2 Å². The average Bonchev–Trinajstić information content (AvgIpc) is 3.02. The van der Waals surface area contributed by atoms with Gasteiger partial charge in [-0.15, -0.1) is 0 Å². The van der Waals surface area contributed by atoms with Gasteiger partial charge in [0.15, 0.2) is 0 Å². The Morgan fingerprint density at radius 2 is 1.79 bits per heavy atom. The first-order valence-electron chi connectivity index (χ1n) is 8.96. The first-order valence-corrected chi connectivity index (χ1v) is 8.96. The van der Waals surface area contributed by atoms with E-state index in [0.717, 1.165) is 22.9 Å². The minimum absolute atomic E-state index is 0.0342. The minimum Gasteiger partial charge on any atom is -0.338 e. The number of carbonyl (C=O) groups excluding carboxylic acids is 1. The summed E-state index contributed by atoms with van der Waals surface area (Å²) in [5, 5.41) is 4.64. The number of nitrogens with zero attached hydrogens (tertiary/aromatic N) is 3. The number of hydrogen-bond donors (Lipinski definition) is 0. The fourth-order valence-electron chi connectivity index (χ4n) is 3.54. The van der Waals surface area contributed by atoms with Crippen LogP contribution in [0.25, 0.3) is 11.3 Å². The SMILES string of the molecule is CC(=O)N1CCc2c(c(-c3ccc(F)cc3)nn2Cc2ccc(F)cc2F)C1. The largest absolute Gasteiger partial charge is 0.338 e. The standard InChI is InChI=1S/C21H18F3N3O/c1-13(28)26-9-8-20-18(12-26)21(14-2-5-16(22)6-3-14)25-27(20)11-15-4-7-17(23)10-19(15)24/h2-7,10H,8-9,11-12H2,1H3. The lowest BCUT2D eigenvalue weighted by Gasteiger charge is -2.27. The Balaban J connectivity index is 1.78. The van der Waals surface area contributed by atoms with Crippen molar-refractivity contribution in [2.75, 3.05) is 6.54 Å². The zero-order valence-electron chi connectivity index (χ0n) is 15.3. The third kappa shape index (κ3) is 3.40. The highest BCUT2D eigenvalue weighted by Gasteiger charge is 2.27. The maximum Gasteiger partial charge on any atom is 0.219 e. The molecule has 7 heteroatoms. The van der Waals surface area contributed by atoms with Crippen LogP contribution in [0.5, 0.6) is 0 Å². The van der Waals surface area contributed by atoms with E-state index in [0.29, 0.717) is 30.8 Å². The second-order valence-electron chi connectivity index (χ2n) is 6.86. The first kappa shape index (κ1) is 18.3. The Morgan fingerprint density at radius 1 is 1.07 bits per heavy atom. The van der Waals surface area contributed by atoms with Crippen molar-refractivity contribution in [2.45, 2.75) is 26.4 Å². The summed E-state index contributed by atoms with van der Waals surface area (Å²) in [7, 11) is 0. The number of hydrogen-bond acceptors (Lipinski definition) is 2. The maximum atomic E-state index is 14.1. The Bertz CT molecular complexity index is 1040. The summed E-state index contributed by atoms with van der Waals surface area (Å²) in [6.07, 6.45) is 0.575. The van der Waals surface area contributed by atoms with Crippen LogP contribution in [0.15, 0.2) is 42.5 Å². The maximum absolute atomic E-state index is 14.1. The van der Waals surface area contributed by atoms with E-state index in [2.05, 4.69) is 5.10 Å². The number of carbonyl (C=O) groups is 1. The van der Waals surface area contributed by atoms with E-state index in [9.17, 15) is 18.0 Å². The molecule has 0 fully saturated rings. The summed E-state index contributed by atoms with van der Waals surface area (Å²) in [4.78, 5) is 13.6. The zero-order chi connectivity index (χ0) is 19.8. The number of fused-ring (bicyclic) bond motifs is 1. The molecular weight excluding hydrogens is 367 g/mol. The highest BCUT2D eigenvalue weighted by molar-refractivity contribution is 5.74. The van der Waals surface area contributed by atoms with Crippen molar-refractivity contribution in [2.24, 2.45) is 0 Å². The van der Waals surface area contributed by atoms with Crippen LogP contribution in [0.2, 0.25) is 0 Å². The first-order chi connectivity index (χ1) is 13.4. The van der Waals surface area contributed by atoms with E-state index in [1.165, 1.54) is 31.2 Å². The van der Waals surface area contributed by atoms with E-state index in [1.54, 1.807) is 21.7 Å². The van der Waals surface area contributed by atoms with Crippen molar-refractivity contribution in [1.82, 2.24) is 14.7 Å². The molecule has 1 aliphatic rings. The van der Waals surface area contributed by atoms with Crippen LogP contribution in [0, 0.1) is 17.5 Å². The van der Waals surface area contributed by atoms with Crippen molar-refractivity contribution in [3.63, 3.8) is 0 Å². The molecular formula is C21H18F3N3O. The fraction of sp³-hybridized carbons (Fsp3) is 0.238. The molecule has 4 nitrogen and oxygen atoms in total. The lowest BCUT2D eigenvalue weighted by molar-refractivity contribution is -0.129. The second kappa shape index (κ2) is 7.14. The normalized spacial score (nSPS) is 13.5. The second-order valence-corrected chi connectivity index (χ2v) is 6.86. The third-order valence-electron chi connectivity index (χ3n) is 5.03. The molecule has 0 bridgehead atoms. The van der Waals surface area contributed by atoms with Crippen molar-refractivity contribution in [3.05, 3.63) is 76.7 Å². The molecule has 0 saturated heterocycles. The number of amides is 1. The molecule has 28 heavy (non-hydrogen) atoms. The highest BCUT2D eigenvalue weighted by atomic mass is 19.1. The Kier molecular flexibility index (Phi) is 4.66. The number of aromatic nitrogens is 2. The molecule has 144 valence electrons. The van der Waals surface area contributed by atoms with Crippen LogP contribution in [-0.2, 0) is 24.3 Å². The molecule has 3 aromatic rings. The molecule has 4 rings (SSSR count). The van der Waals surface area contributed by atoms with Crippen molar-refractivity contribution >= 4 is 5.91 Å². The molecule has 0 N–H and O–H groups in total. The molecule has 0 unspecified atom stereocenters. The molecule has 2 aromatic carbocycles. The van der Waals surface area contributed by atoms with Gasteiger partial charge in [-0.2, -0.15) is 5.10 Å². The van der Waals surface area contributed by atoms with Crippen LogP contribution < -0.4 is 0 Å². The smallest absolute Gasteiger partial charge is 0.219 e. The number of benzene rings is 2. The summed E-state index contributed by atoms with van der Waals surface area (Å²) >= 11 is 0. The van der Waals surface area contributed by atoms with Gasteiger partial charge in [0.25, 0.3) is 0 Å². The third-order valence-corrected chi connectivity index (χ3v) is 5.03. The predicted molar refractivity (Wildman–Crippen MR) is 97.9 cm³/mol. The van der Waals surface area contributed by atoms with E-state index in [1.807, 2.05) is 0 Å². The molecule has 1 aromatic heterocycles. The van der Waals surface area contributed by atoms with Crippen LogP contribution in [0.3, 0.4) is 0 Å². The van der Waals surface area contributed by atoms with Crippen LogP contribution in [-0.4, -0.2) is 27.1 Å². The number of rotatable bonds is 3. The van der Waals surface area contributed by atoms with Crippen molar-refractivity contribution < 1.29 is 18.0 Å². The van der Waals surface area contributed by atoms with Crippen molar-refractivity contribution in [1.29, 1.82) is 0 Å². The van der Waals surface area contributed by atoms with E-state index in [4.69, 9.17) is 0 Å². The number of halogens is 3. The molecule has 1 aliphatic heterocycles. The van der Waals surface area contributed by atoms with Gasteiger partial charge in [0.2, 0.25) is 5.91 Å². The monoisotopic (exact) mass is 385 g/mol. The van der Waals surface area contributed by atoms with E-state index in [-0.39, 0.29) is 18.3 Å². The zero-order valence-corrected chi connectivity index (χ0v) is 15.3. The Labute approximate surface area is 160 Å². The van der Waals surface area contributed by atoms with Gasteiger partial charge in [-0.1, -0.05) is 6.07 Å². The topological polar surface area (TPSA) is 38.1 Å². The Morgan fingerprint density at radius 3 is 2.46 bits per heavy atom. The van der Waals surface area contributed by atoms with Gasteiger partial charge in [-0.3, -0.25) is 9.48 Å². The summed E-state index contributed by atoms with van der Waals surface area (Å²) in [5.74, 6) is -1.65. The molecule has 0 aliphatic carbocycles. The summed E-state index contributed by atoms with van der Waals surface area (Å²) in [6.45, 7) is 2.60.